The van der Waals surface area contributed by atoms with Crippen molar-refractivity contribution >= 4 is 22.9 Å². The number of aromatic hydroxyl groups is 1. The molecule has 1 heterocycles. The van der Waals surface area contributed by atoms with Gasteiger partial charge in [0, 0.05) is 17.7 Å². The van der Waals surface area contributed by atoms with Crippen molar-refractivity contribution in [3.8, 4) is 11.4 Å². The highest BCUT2D eigenvalue weighted by Crippen LogP contribution is 2.23. The minimum absolute atomic E-state index is 0.0267. The number of benzene rings is 2. The predicted octanol–water partition coefficient (Wildman–Crippen LogP) is 2.76. The first-order chi connectivity index (χ1) is 14.0. The van der Waals surface area contributed by atoms with Crippen molar-refractivity contribution in [2.45, 2.75) is 19.8 Å². The third-order valence-electron chi connectivity index (χ3n) is 4.18. The van der Waals surface area contributed by atoms with Crippen LogP contribution in [0.4, 0.5) is 0 Å². The summed E-state index contributed by atoms with van der Waals surface area (Å²) in [5.41, 5.74) is 2.44. The maximum atomic E-state index is 12.4. The van der Waals surface area contributed by atoms with Crippen molar-refractivity contribution in [3.63, 3.8) is 0 Å². The number of hydrogen-bond donors (Lipinski definition) is 2. The average Bonchev–Trinajstić information content (AvgIpc) is 3.14. The smallest absolute Gasteiger partial charge is 0.333 e. The van der Waals surface area contributed by atoms with Gasteiger partial charge in [0.1, 0.15) is 22.5 Å². The number of aromatic nitrogens is 3. The monoisotopic (exact) mass is 394 g/mol. The molecule has 0 saturated carbocycles. The Morgan fingerprint density at radius 2 is 1.83 bits per heavy atom. The summed E-state index contributed by atoms with van der Waals surface area (Å²) in [4.78, 5) is 25.0. The summed E-state index contributed by atoms with van der Waals surface area (Å²) in [6.07, 6.45) is 1.29. The third kappa shape index (κ3) is 4.98. The fourth-order valence-electron chi connectivity index (χ4n) is 2.61. The Labute approximate surface area is 167 Å². The van der Waals surface area contributed by atoms with Crippen LogP contribution in [-0.2, 0) is 9.53 Å². The predicted molar refractivity (Wildman–Crippen MR) is 108 cm³/mol. The van der Waals surface area contributed by atoms with E-state index < -0.39 is 5.97 Å². The van der Waals surface area contributed by atoms with Gasteiger partial charge in [0.2, 0.25) is 0 Å². The van der Waals surface area contributed by atoms with Crippen molar-refractivity contribution in [1.82, 2.24) is 20.3 Å². The lowest BCUT2D eigenvalue weighted by molar-refractivity contribution is -0.139. The molecule has 0 saturated heterocycles. The molecule has 0 bridgehead atoms. The number of phenols is 1. The minimum atomic E-state index is -0.412. The first-order valence-corrected chi connectivity index (χ1v) is 9.22. The van der Waals surface area contributed by atoms with Gasteiger partial charge >= 0.3 is 5.97 Å². The molecular weight excluding hydrogens is 372 g/mol. The van der Waals surface area contributed by atoms with Crippen LogP contribution in [0.25, 0.3) is 16.7 Å². The Hall–Kier alpha value is -3.68. The van der Waals surface area contributed by atoms with Crippen LogP contribution >= 0.6 is 0 Å². The minimum Gasteiger partial charge on any atom is -0.506 e. The number of rotatable bonds is 8. The molecule has 0 radical (unpaired) electrons. The van der Waals surface area contributed by atoms with Crippen molar-refractivity contribution in [3.05, 3.63) is 60.2 Å². The maximum Gasteiger partial charge on any atom is 0.333 e. The molecule has 0 fully saturated rings. The van der Waals surface area contributed by atoms with E-state index in [0.717, 1.165) is 0 Å². The standard InChI is InChI=1S/C21H22N4O4/c1-14(2)21(28)29-12-6-5-11-22-20(27)15-9-10-19(26)18(13-15)25-23-16-7-3-4-8-17(16)24-25/h3-4,7-10,13,26H,1,5-6,11-12H2,2H3,(H,22,27). The van der Waals surface area contributed by atoms with Gasteiger partial charge < -0.3 is 15.2 Å². The second-order valence-corrected chi connectivity index (χ2v) is 6.56. The fourth-order valence-corrected chi connectivity index (χ4v) is 2.61. The zero-order chi connectivity index (χ0) is 20.8. The van der Waals surface area contributed by atoms with Gasteiger partial charge in [-0.25, -0.2) is 4.79 Å². The molecule has 29 heavy (non-hydrogen) atoms. The number of ether oxygens (including phenoxy) is 1. The molecule has 0 aliphatic heterocycles. The van der Waals surface area contributed by atoms with E-state index in [-0.39, 0.29) is 18.3 Å². The first-order valence-electron chi connectivity index (χ1n) is 9.22. The van der Waals surface area contributed by atoms with Crippen LogP contribution < -0.4 is 5.32 Å². The lowest BCUT2D eigenvalue weighted by Crippen LogP contribution is -2.25. The number of esters is 1. The fraction of sp³-hybridized carbons (Fsp3) is 0.238. The van der Waals surface area contributed by atoms with Gasteiger partial charge in [-0.15, -0.1) is 15.0 Å². The van der Waals surface area contributed by atoms with E-state index in [1.54, 1.807) is 6.92 Å². The summed E-state index contributed by atoms with van der Waals surface area (Å²) in [5.74, 6) is -0.714. The molecule has 1 amide bonds. The van der Waals surface area contributed by atoms with Crippen LogP contribution in [-0.4, -0.2) is 45.1 Å². The van der Waals surface area contributed by atoms with Crippen LogP contribution in [0, 0.1) is 0 Å². The second kappa shape index (κ2) is 9.01. The van der Waals surface area contributed by atoms with Crippen molar-refractivity contribution < 1.29 is 19.4 Å². The first kappa shape index (κ1) is 20.1. The maximum absolute atomic E-state index is 12.4. The van der Waals surface area contributed by atoms with Gasteiger partial charge in [0.25, 0.3) is 5.91 Å². The molecule has 2 aromatic carbocycles. The van der Waals surface area contributed by atoms with Crippen LogP contribution in [0.5, 0.6) is 5.75 Å². The summed E-state index contributed by atoms with van der Waals surface area (Å²) in [7, 11) is 0. The third-order valence-corrected chi connectivity index (χ3v) is 4.18. The molecule has 2 N–H and O–H groups in total. The van der Waals surface area contributed by atoms with Crippen LogP contribution in [0.2, 0.25) is 0 Å². The molecule has 0 aliphatic carbocycles. The van der Waals surface area contributed by atoms with Crippen molar-refractivity contribution in [2.24, 2.45) is 0 Å². The average molecular weight is 394 g/mol. The quantitative estimate of drug-likeness (QED) is 0.346. The highest BCUT2D eigenvalue weighted by atomic mass is 16.5. The lowest BCUT2D eigenvalue weighted by Gasteiger charge is -2.08. The molecule has 0 atom stereocenters. The number of carbonyl (C=O) groups excluding carboxylic acids is 2. The number of nitrogens with one attached hydrogen (secondary N) is 1. The summed E-state index contributed by atoms with van der Waals surface area (Å²) in [5, 5.41) is 21.6. The normalized spacial score (nSPS) is 10.7. The number of nitrogens with zero attached hydrogens (tertiary/aromatic N) is 3. The largest absolute Gasteiger partial charge is 0.506 e. The molecule has 1 aromatic heterocycles. The highest BCUT2D eigenvalue weighted by Gasteiger charge is 2.13. The lowest BCUT2D eigenvalue weighted by atomic mass is 10.1. The van der Waals surface area contributed by atoms with E-state index in [2.05, 4.69) is 22.1 Å². The number of amides is 1. The van der Waals surface area contributed by atoms with Crippen molar-refractivity contribution in [1.29, 1.82) is 0 Å². The molecule has 3 aromatic rings. The molecule has 150 valence electrons. The van der Waals surface area contributed by atoms with Gasteiger partial charge in [0.15, 0.2) is 0 Å². The number of unbranched alkanes of at least 4 members (excludes halogenated alkanes) is 1. The Kier molecular flexibility index (Phi) is 6.23. The molecule has 0 unspecified atom stereocenters. The summed E-state index contributed by atoms with van der Waals surface area (Å²) < 4.78 is 5.00. The summed E-state index contributed by atoms with van der Waals surface area (Å²) >= 11 is 0. The Bertz CT molecular complexity index is 1020. The van der Waals surface area contributed by atoms with E-state index in [1.807, 2.05) is 24.3 Å². The van der Waals surface area contributed by atoms with E-state index in [1.165, 1.54) is 23.0 Å². The Morgan fingerprint density at radius 1 is 1.14 bits per heavy atom. The topological polar surface area (TPSA) is 106 Å². The molecule has 3 rings (SSSR count). The Morgan fingerprint density at radius 3 is 2.48 bits per heavy atom. The zero-order valence-corrected chi connectivity index (χ0v) is 16.1. The van der Waals surface area contributed by atoms with Gasteiger partial charge in [-0.05, 0) is 50.1 Å². The molecule has 8 heteroatoms. The van der Waals surface area contributed by atoms with E-state index in [4.69, 9.17) is 4.74 Å². The number of hydrogen-bond acceptors (Lipinski definition) is 6. The van der Waals surface area contributed by atoms with E-state index >= 15 is 0 Å². The van der Waals surface area contributed by atoms with Crippen LogP contribution in [0.15, 0.2) is 54.6 Å². The van der Waals surface area contributed by atoms with Gasteiger partial charge in [-0.3, -0.25) is 4.79 Å². The van der Waals surface area contributed by atoms with E-state index in [9.17, 15) is 14.7 Å². The number of phenolic OH excluding ortho intramolecular Hbond substituents is 1. The SMILES string of the molecule is C=C(C)C(=O)OCCCCNC(=O)c1ccc(O)c(-n2nc3ccccc3n2)c1. The highest BCUT2D eigenvalue weighted by molar-refractivity contribution is 5.95. The molecule has 0 spiro atoms. The zero-order valence-electron chi connectivity index (χ0n) is 16.1. The molecule has 8 nitrogen and oxygen atoms in total. The molecule has 0 aliphatic rings. The van der Waals surface area contributed by atoms with Gasteiger partial charge in [-0.1, -0.05) is 18.7 Å². The van der Waals surface area contributed by atoms with Gasteiger partial charge in [0.05, 0.1) is 6.61 Å². The summed E-state index contributed by atoms with van der Waals surface area (Å²) in [6.45, 7) is 5.82. The van der Waals surface area contributed by atoms with Gasteiger partial charge in [-0.2, -0.15) is 0 Å². The second-order valence-electron chi connectivity index (χ2n) is 6.56. The molecular formula is C21H22N4O4. The number of fused-ring (bicyclic) bond motifs is 1. The van der Waals surface area contributed by atoms with E-state index in [0.29, 0.717) is 47.2 Å². The number of carbonyl (C=O) groups is 2. The Balaban J connectivity index is 1.58. The summed E-state index contributed by atoms with van der Waals surface area (Å²) in [6, 6.07) is 11.9. The van der Waals surface area contributed by atoms with Crippen LogP contribution in [0.3, 0.4) is 0 Å². The van der Waals surface area contributed by atoms with Crippen molar-refractivity contribution in [2.75, 3.05) is 13.2 Å². The van der Waals surface area contributed by atoms with Crippen LogP contribution in [0.1, 0.15) is 30.1 Å².